The van der Waals surface area contributed by atoms with Gasteiger partial charge in [-0.05, 0) is 67.6 Å². The zero-order valence-corrected chi connectivity index (χ0v) is 14.5. The first-order valence-corrected chi connectivity index (χ1v) is 8.26. The molecule has 3 rings (SSSR count). The Morgan fingerprint density at radius 2 is 1.81 bits per heavy atom. The van der Waals surface area contributed by atoms with Gasteiger partial charge in [0.1, 0.15) is 5.75 Å². The highest BCUT2D eigenvalue weighted by Gasteiger charge is 2.31. The van der Waals surface area contributed by atoms with Gasteiger partial charge in [-0.25, -0.2) is 0 Å². The largest absolute Gasteiger partial charge is 0.573 e. The fraction of sp³-hybridized carbons (Fsp3) is 0.176. The summed E-state index contributed by atoms with van der Waals surface area (Å²) in [7, 11) is 0. The molecule has 1 fully saturated rings. The number of hydrogen-bond donors (Lipinski definition) is 1. The number of amides is 2. The monoisotopic (exact) mass is 382 g/mol. The number of imide groups is 1. The van der Waals surface area contributed by atoms with Crippen molar-refractivity contribution >= 4 is 29.0 Å². The maximum Gasteiger partial charge on any atom is 0.573 e. The third-order valence-corrected chi connectivity index (χ3v) is 4.54. The summed E-state index contributed by atoms with van der Waals surface area (Å²) in [4.78, 5) is 23.2. The van der Waals surface area contributed by atoms with Gasteiger partial charge in [0.25, 0.3) is 11.1 Å². The lowest BCUT2D eigenvalue weighted by Crippen LogP contribution is -2.17. The SMILES string of the molecule is Cc1cc(/C=C2\SC(=O)NC2=O)c(C)n1-c1ccc(OC(F)(F)F)cc1. The summed E-state index contributed by atoms with van der Waals surface area (Å²) < 4.78 is 42.5. The van der Waals surface area contributed by atoms with Crippen molar-refractivity contribution in [1.82, 2.24) is 9.88 Å². The first-order valence-electron chi connectivity index (χ1n) is 7.44. The van der Waals surface area contributed by atoms with E-state index >= 15 is 0 Å². The Balaban J connectivity index is 1.92. The molecule has 1 aromatic heterocycles. The van der Waals surface area contributed by atoms with E-state index in [-0.39, 0.29) is 5.75 Å². The number of benzene rings is 1. The maximum absolute atomic E-state index is 12.3. The van der Waals surface area contributed by atoms with E-state index in [1.165, 1.54) is 24.3 Å². The zero-order valence-electron chi connectivity index (χ0n) is 13.7. The van der Waals surface area contributed by atoms with Crippen LogP contribution in [-0.4, -0.2) is 22.1 Å². The van der Waals surface area contributed by atoms with E-state index in [1.807, 2.05) is 24.5 Å². The summed E-state index contributed by atoms with van der Waals surface area (Å²) in [5, 5.41) is 1.77. The lowest BCUT2D eigenvalue weighted by atomic mass is 10.2. The molecule has 1 aromatic carbocycles. The van der Waals surface area contributed by atoms with E-state index < -0.39 is 17.5 Å². The van der Waals surface area contributed by atoms with E-state index in [1.54, 1.807) is 6.08 Å². The minimum absolute atomic E-state index is 0.296. The molecule has 1 N–H and O–H groups in total. The van der Waals surface area contributed by atoms with Gasteiger partial charge in [-0.2, -0.15) is 0 Å². The summed E-state index contributed by atoms with van der Waals surface area (Å²) in [5.74, 6) is -0.748. The molecular formula is C17H13F3N2O3S. The molecule has 0 unspecified atom stereocenters. The zero-order chi connectivity index (χ0) is 19.1. The average Bonchev–Trinajstić information content (AvgIpc) is 2.98. The highest BCUT2D eigenvalue weighted by atomic mass is 32.2. The van der Waals surface area contributed by atoms with Crippen LogP contribution in [0.15, 0.2) is 35.2 Å². The van der Waals surface area contributed by atoms with Crippen molar-refractivity contribution in [1.29, 1.82) is 0 Å². The molecule has 0 radical (unpaired) electrons. The summed E-state index contributed by atoms with van der Waals surface area (Å²) in [5.41, 5.74) is 3.00. The third-order valence-electron chi connectivity index (χ3n) is 3.73. The van der Waals surface area contributed by atoms with E-state index in [4.69, 9.17) is 0 Å². The molecule has 0 spiro atoms. The van der Waals surface area contributed by atoms with Gasteiger partial charge in [0.2, 0.25) is 0 Å². The van der Waals surface area contributed by atoms with Gasteiger partial charge in [0.15, 0.2) is 0 Å². The first-order chi connectivity index (χ1) is 12.1. The van der Waals surface area contributed by atoms with Gasteiger partial charge in [-0.3, -0.25) is 14.9 Å². The molecule has 2 heterocycles. The standard InChI is InChI=1S/C17H13F3N2O3S/c1-9-7-11(8-14-15(23)21-16(24)26-14)10(2)22(9)12-3-5-13(6-4-12)25-17(18,19)20/h3-8H,1-2H3,(H,21,23,24)/b14-8-. The Morgan fingerprint density at radius 1 is 1.15 bits per heavy atom. The molecule has 26 heavy (non-hydrogen) atoms. The van der Waals surface area contributed by atoms with Crippen molar-refractivity contribution in [3.05, 3.63) is 52.2 Å². The van der Waals surface area contributed by atoms with Gasteiger partial charge in [-0.1, -0.05) is 0 Å². The van der Waals surface area contributed by atoms with Crippen molar-refractivity contribution in [3.63, 3.8) is 0 Å². The summed E-state index contributed by atoms with van der Waals surface area (Å²) in [6, 6.07) is 7.33. The second-order valence-corrected chi connectivity index (χ2v) is 6.57. The Kier molecular flexibility index (Phi) is 4.57. The Morgan fingerprint density at radius 3 is 2.35 bits per heavy atom. The highest BCUT2D eigenvalue weighted by molar-refractivity contribution is 8.18. The van der Waals surface area contributed by atoms with Gasteiger partial charge in [-0.15, -0.1) is 13.2 Å². The van der Waals surface area contributed by atoms with Gasteiger partial charge in [0, 0.05) is 17.1 Å². The van der Waals surface area contributed by atoms with Crippen LogP contribution in [0.1, 0.15) is 17.0 Å². The molecule has 1 aliphatic rings. The lowest BCUT2D eigenvalue weighted by Gasteiger charge is -2.12. The molecular weight excluding hydrogens is 369 g/mol. The summed E-state index contributed by atoms with van der Waals surface area (Å²) in [6.07, 6.45) is -3.12. The number of halogens is 3. The maximum atomic E-state index is 12.3. The van der Waals surface area contributed by atoms with E-state index in [2.05, 4.69) is 10.1 Å². The highest BCUT2D eigenvalue weighted by Crippen LogP contribution is 2.30. The third kappa shape index (κ3) is 3.77. The summed E-state index contributed by atoms with van der Waals surface area (Å²) >= 11 is 0.825. The van der Waals surface area contributed by atoms with Crippen molar-refractivity contribution in [2.45, 2.75) is 20.2 Å². The minimum atomic E-state index is -4.74. The minimum Gasteiger partial charge on any atom is -0.406 e. The molecule has 2 aromatic rings. The molecule has 0 bridgehead atoms. The lowest BCUT2D eigenvalue weighted by molar-refractivity contribution is -0.274. The number of thioether (sulfide) groups is 1. The van der Waals surface area contributed by atoms with Crippen LogP contribution in [0.5, 0.6) is 5.75 Å². The molecule has 2 amide bonds. The smallest absolute Gasteiger partial charge is 0.406 e. The van der Waals surface area contributed by atoms with Crippen molar-refractivity contribution in [2.75, 3.05) is 0 Å². The molecule has 0 atom stereocenters. The van der Waals surface area contributed by atoms with E-state index in [9.17, 15) is 22.8 Å². The Hall–Kier alpha value is -2.68. The fourth-order valence-corrected chi connectivity index (χ4v) is 3.36. The van der Waals surface area contributed by atoms with Gasteiger partial charge >= 0.3 is 6.36 Å². The predicted molar refractivity (Wildman–Crippen MR) is 91.0 cm³/mol. The van der Waals surface area contributed by atoms with Crippen molar-refractivity contribution in [2.24, 2.45) is 0 Å². The molecule has 0 aliphatic carbocycles. The molecule has 0 saturated carbocycles. The van der Waals surface area contributed by atoms with E-state index in [0.717, 1.165) is 28.7 Å². The van der Waals surface area contributed by atoms with Crippen LogP contribution in [0, 0.1) is 13.8 Å². The van der Waals surface area contributed by atoms with Crippen LogP contribution >= 0.6 is 11.8 Å². The fourth-order valence-electron chi connectivity index (χ4n) is 2.69. The number of nitrogens with zero attached hydrogens (tertiary/aromatic N) is 1. The predicted octanol–water partition coefficient (Wildman–Crippen LogP) is 4.32. The first kappa shape index (κ1) is 18.1. The number of rotatable bonds is 3. The molecule has 1 aliphatic heterocycles. The average molecular weight is 382 g/mol. The van der Waals surface area contributed by atoms with Crippen molar-refractivity contribution in [3.8, 4) is 11.4 Å². The molecule has 9 heteroatoms. The second kappa shape index (κ2) is 6.56. The molecule has 5 nitrogen and oxygen atoms in total. The van der Waals surface area contributed by atoms with Crippen LogP contribution in [0.25, 0.3) is 11.8 Å². The number of nitrogens with one attached hydrogen (secondary N) is 1. The number of aryl methyl sites for hydroxylation is 1. The summed E-state index contributed by atoms with van der Waals surface area (Å²) in [6.45, 7) is 3.65. The number of alkyl halides is 3. The van der Waals surface area contributed by atoms with Crippen LogP contribution in [-0.2, 0) is 4.79 Å². The van der Waals surface area contributed by atoms with Gasteiger partial charge < -0.3 is 9.30 Å². The van der Waals surface area contributed by atoms with Crippen LogP contribution in [0.3, 0.4) is 0 Å². The Bertz CT molecular complexity index is 915. The number of aromatic nitrogens is 1. The van der Waals surface area contributed by atoms with Gasteiger partial charge in [0.05, 0.1) is 4.91 Å². The van der Waals surface area contributed by atoms with Crippen LogP contribution < -0.4 is 10.1 Å². The topological polar surface area (TPSA) is 60.3 Å². The van der Waals surface area contributed by atoms with Crippen molar-refractivity contribution < 1.29 is 27.5 Å². The normalized spacial score (nSPS) is 16.3. The quantitative estimate of drug-likeness (QED) is 0.804. The Labute approximate surface area is 150 Å². The van der Waals surface area contributed by atoms with Crippen LogP contribution in [0.2, 0.25) is 0 Å². The molecule has 1 saturated heterocycles. The molecule has 136 valence electrons. The number of carbonyl (C=O) groups is 2. The second-order valence-electron chi connectivity index (χ2n) is 5.56. The van der Waals surface area contributed by atoms with E-state index in [0.29, 0.717) is 10.6 Å². The number of ether oxygens (including phenoxy) is 1. The van der Waals surface area contributed by atoms with Crippen LogP contribution in [0.4, 0.5) is 18.0 Å². The number of hydrogen-bond acceptors (Lipinski definition) is 4. The number of carbonyl (C=O) groups excluding carboxylic acids is 2.